The van der Waals surface area contributed by atoms with Crippen LogP contribution in [0.5, 0.6) is 0 Å². The molecule has 0 spiro atoms. The predicted octanol–water partition coefficient (Wildman–Crippen LogP) is 5.62. The number of para-hydroxylation sites is 1. The largest absolute Gasteiger partial charge is 0.412 e. The second-order valence-electron chi connectivity index (χ2n) is 10.7. The highest BCUT2D eigenvalue weighted by molar-refractivity contribution is 5.91. The van der Waals surface area contributed by atoms with E-state index in [2.05, 4.69) is 106 Å². The number of imidazole rings is 1. The highest BCUT2D eigenvalue weighted by atomic mass is 35.5. The molecular weight excluding hydrogens is 559 g/mol. The summed E-state index contributed by atoms with van der Waals surface area (Å²) in [4.78, 5) is 22.4. The Morgan fingerprint density at radius 1 is 0.805 bits per heavy atom. The number of aromatic nitrogens is 4. The Hall–Kier alpha value is -3.27. The van der Waals surface area contributed by atoms with Gasteiger partial charge in [-0.1, -0.05) is 64.6 Å². The van der Waals surface area contributed by atoms with Crippen molar-refractivity contribution >= 4 is 52.6 Å². The van der Waals surface area contributed by atoms with Gasteiger partial charge in [0.05, 0.1) is 22.2 Å². The van der Waals surface area contributed by atoms with E-state index in [4.69, 9.17) is 4.98 Å². The summed E-state index contributed by atoms with van der Waals surface area (Å²) in [6.45, 7) is 11.6. The van der Waals surface area contributed by atoms with Gasteiger partial charge in [0.15, 0.2) is 0 Å². The third-order valence-corrected chi connectivity index (χ3v) is 7.17. The van der Waals surface area contributed by atoms with Gasteiger partial charge in [0, 0.05) is 50.7 Å². The van der Waals surface area contributed by atoms with Gasteiger partial charge in [-0.2, -0.15) is 0 Å². The molecule has 222 valence electrons. The summed E-state index contributed by atoms with van der Waals surface area (Å²) in [5, 5.41) is 0. The summed E-state index contributed by atoms with van der Waals surface area (Å²) in [5.41, 5.74) is 9.13. The van der Waals surface area contributed by atoms with E-state index in [1.54, 1.807) is 12.4 Å². The smallest absolute Gasteiger partial charge is 0.138 e. The van der Waals surface area contributed by atoms with E-state index in [-0.39, 0.29) is 48.6 Å². The first-order valence-corrected chi connectivity index (χ1v) is 12.7. The van der Waals surface area contributed by atoms with Crippen molar-refractivity contribution in [3.05, 3.63) is 84.2 Å². The number of aromatic amines is 1. The van der Waals surface area contributed by atoms with Crippen LogP contribution in [0.2, 0.25) is 0 Å². The van der Waals surface area contributed by atoms with Gasteiger partial charge in [-0.05, 0) is 40.8 Å². The average molecular weight is 602 g/mol. The molecule has 6 rings (SSSR count). The third kappa shape index (κ3) is 7.52. The monoisotopic (exact) mass is 600 g/mol. The zero-order valence-corrected chi connectivity index (χ0v) is 24.6. The third-order valence-electron chi connectivity index (χ3n) is 7.17. The summed E-state index contributed by atoms with van der Waals surface area (Å²) in [5.74, 6) is 0.927. The lowest BCUT2D eigenvalue weighted by atomic mass is 9.87. The normalized spacial score (nSPS) is 13.3. The highest BCUT2D eigenvalue weighted by Gasteiger charge is 2.21. The molecule has 41 heavy (non-hydrogen) atoms. The lowest BCUT2D eigenvalue weighted by Gasteiger charge is -2.36. The molecule has 0 unspecified atom stereocenters. The molecule has 1 aliphatic heterocycles. The average Bonchev–Trinajstić information content (AvgIpc) is 3.33. The molecule has 1 saturated heterocycles. The maximum absolute atomic E-state index is 5.04. The number of H-pyrrole nitrogens is 1. The SMILES string of the molecule is C.CC(C)(C)c1ccc(-c2nc3c(N4CCN(Cc5ccc6nccnc6c5)CC4)cccc3[nH]2)cc1.Cl.Cl.O.O. The summed E-state index contributed by atoms with van der Waals surface area (Å²) in [6, 6.07) is 21.6. The van der Waals surface area contributed by atoms with Crippen molar-refractivity contribution in [3.8, 4) is 11.4 Å². The van der Waals surface area contributed by atoms with E-state index < -0.39 is 0 Å². The van der Waals surface area contributed by atoms with Crippen LogP contribution in [-0.2, 0) is 12.0 Å². The van der Waals surface area contributed by atoms with Gasteiger partial charge < -0.3 is 20.8 Å². The first-order chi connectivity index (χ1) is 17.4. The van der Waals surface area contributed by atoms with Crippen molar-refractivity contribution in [2.75, 3.05) is 31.1 Å². The van der Waals surface area contributed by atoms with Crippen LogP contribution in [0.15, 0.2) is 73.1 Å². The number of nitrogens with zero attached hydrogens (tertiary/aromatic N) is 5. The van der Waals surface area contributed by atoms with Gasteiger partial charge >= 0.3 is 0 Å². The molecule has 0 bridgehead atoms. The number of fused-ring (bicyclic) bond motifs is 2. The number of benzene rings is 3. The zero-order valence-electron chi connectivity index (χ0n) is 23.0. The lowest BCUT2D eigenvalue weighted by molar-refractivity contribution is 0.250. The van der Waals surface area contributed by atoms with Crippen molar-refractivity contribution in [1.82, 2.24) is 24.8 Å². The van der Waals surface area contributed by atoms with Gasteiger partial charge in [0.2, 0.25) is 0 Å². The zero-order chi connectivity index (χ0) is 24.7. The molecule has 5 aromatic rings. The highest BCUT2D eigenvalue weighted by Crippen LogP contribution is 2.30. The topological polar surface area (TPSA) is 124 Å². The Morgan fingerprint density at radius 3 is 2.12 bits per heavy atom. The molecule has 3 aromatic carbocycles. The van der Waals surface area contributed by atoms with E-state index in [1.165, 1.54) is 16.8 Å². The molecule has 3 heterocycles. The number of halogens is 2. The summed E-state index contributed by atoms with van der Waals surface area (Å²) in [7, 11) is 0. The molecule has 2 aromatic heterocycles. The standard InChI is InChI=1S/C30H32N6.CH4.2ClH.2H2O/c1-30(2,3)23-10-8-22(9-11-23)29-33-25-5-4-6-27(28(25)34-29)36-17-15-35(16-18-36)20-21-7-12-24-26(19-21)32-14-13-31-24;;;;;/h4-14,19H,15-18,20H2,1-3H3,(H,33,34);1H4;2*1H;2*1H2. The number of anilines is 1. The molecule has 0 saturated carbocycles. The number of hydrogen-bond donors (Lipinski definition) is 1. The van der Waals surface area contributed by atoms with E-state index in [0.717, 1.165) is 66.2 Å². The number of piperazine rings is 1. The van der Waals surface area contributed by atoms with Gasteiger partial charge in [-0.25, -0.2) is 4.98 Å². The van der Waals surface area contributed by atoms with Gasteiger partial charge in [-0.15, -0.1) is 24.8 Å². The van der Waals surface area contributed by atoms with Crippen molar-refractivity contribution in [3.63, 3.8) is 0 Å². The second kappa shape index (κ2) is 14.6. The lowest BCUT2D eigenvalue weighted by Crippen LogP contribution is -2.46. The number of rotatable bonds is 4. The minimum absolute atomic E-state index is 0. The first-order valence-electron chi connectivity index (χ1n) is 12.7. The van der Waals surface area contributed by atoms with Crippen molar-refractivity contribution in [2.45, 2.75) is 40.2 Å². The van der Waals surface area contributed by atoms with E-state index in [9.17, 15) is 0 Å². The molecular formula is C31H42Cl2N6O2. The molecule has 0 aliphatic carbocycles. The van der Waals surface area contributed by atoms with Crippen LogP contribution in [0.3, 0.4) is 0 Å². The minimum Gasteiger partial charge on any atom is -0.412 e. The fourth-order valence-corrected chi connectivity index (χ4v) is 5.05. The Kier molecular flexibility index (Phi) is 12.7. The molecule has 10 heteroatoms. The van der Waals surface area contributed by atoms with Crippen LogP contribution < -0.4 is 4.90 Å². The fourth-order valence-electron chi connectivity index (χ4n) is 5.05. The molecule has 1 fully saturated rings. The van der Waals surface area contributed by atoms with Crippen LogP contribution in [0.25, 0.3) is 33.5 Å². The molecule has 5 N–H and O–H groups in total. The Bertz CT molecular complexity index is 1530. The quantitative estimate of drug-likeness (QED) is 0.286. The summed E-state index contributed by atoms with van der Waals surface area (Å²) >= 11 is 0. The van der Waals surface area contributed by atoms with Crippen molar-refractivity contribution in [1.29, 1.82) is 0 Å². The molecule has 8 nitrogen and oxygen atoms in total. The fraction of sp³-hybridized carbons (Fsp3) is 0.323. The Balaban J connectivity index is 0.00000168. The van der Waals surface area contributed by atoms with Crippen molar-refractivity contribution < 1.29 is 11.0 Å². The molecule has 0 atom stereocenters. The summed E-state index contributed by atoms with van der Waals surface area (Å²) < 4.78 is 0. The minimum atomic E-state index is 0. The maximum atomic E-state index is 5.04. The van der Waals surface area contributed by atoms with E-state index >= 15 is 0 Å². The van der Waals surface area contributed by atoms with Crippen LogP contribution >= 0.6 is 24.8 Å². The Labute approximate surface area is 254 Å². The molecule has 1 aliphatic rings. The Morgan fingerprint density at radius 2 is 1.46 bits per heavy atom. The van der Waals surface area contributed by atoms with E-state index in [1.807, 2.05) is 0 Å². The molecule has 0 amide bonds. The maximum Gasteiger partial charge on any atom is 0.138 e. The number of hydrogen-bond acceptors (Lipinski definition) is 5. The second-order valence-corrected chi connectivity index (χ2v) is 10.7. The van der Waals surface area contributed by atoms with Crippen molar-refractivity contribution in [2.24, 2.45) is 0 Å². The molecule has 0 radical (unpaired) electrons. The van der Waals surface area contributed by atoms with Gasteiger partial charge in [0.1, 0.15) is 11.3 Å². The van der Waals surface area contributed by atoms with E-state index in [0.29, 0.717) is 0 Å². The van der Waals surface area contributed by atoms with Gasteiger partial charge in [0.25, 0.3) is 0 Å². The summed E-state index contributed by atoms with van der Waals surface area (Å²) in [6.07, 6.45) is 3.50. The van der Waals surface area contributed by atoms with Crippen LogP contribution in [0.4, 0.5) is 5.69 Å². The predicted molar refractivity (Wildman–Crippen MR) is 176 cm³/mol. The number of nitrogens with one attached hydrogen (secondary N) is 1. The van der Waals surface area contributed by atoms with Crippen LogP contribution in [0.1, 0.15) is 39.3 Å². The first kappa shape index (κ1) is 35.8. The van der Waals surface area contributed by atoms with Crippen LogP contribution in [-0.4, -0.2) is 62.0 Å². The van der Waals surface area contributed by atoms with Crippen LogP contribution in [0, 0.1) is 0 Å². The van der Waals surface area contributed by atoms with Gasteiger partial charge in [-0.3, -0.25) is 14.9 Å².